The summed E-state index contributed by atoms with van der Waals surface area (Å²) in [7, 11) is -3.12. The van der Waals surface area contributed by atoms with Crippen molar-refractivity contribution in [3.05, 3.63) is 11.6 Å². The maximum absolute atomic E-state index is 12.4. The molecule has 0 aliphatic carbocycles. The van der Waals surface area contributed by atoms with Crippen LogP contribution in [0.1, 0.15) is 34.6 Å². The largest absolute Gasteiger partial charge is 0.334 e. The molecule has 0 amide bonds. The molecule has 0 aromatic rings. The van der Waals surface area contributed by atoms with Crippen LogP contribution in [0.2, 0.25) is 0 Å². The van der Waals surface area contributed by atoms with E-state index in [1.165, 1.54) is 6.08 Å². The van der Waals surface area contributed by atoms with Crippen molar-refractivity contribution in [1.29, 1.82) is 5.26 Å². The van der Waals surface area contributed by atoms with Crippen molar-refractivity contribution in [3.63, 3.8) is 0 Å². The molecule has 4 nitrogen and oxygen atoms in total. The molecule has 0 atom stereocenters. The first-order valence-electron chi connectivity index (χ1n) is 5.76. The van der Waals surface area contributed by atoms with Gasteiger partial charge in [-0.2, -0.15) is 5.26 Å². The molecule has 0 aliphatic rings. The lowest BCUT2D eigenvalue weighted by Gasteiger charge is -2.26. The molecule has 0 saturated heterocycles. The second kappa shape index (κ2) is 6.96. The van der Waals surface area contributed by atoms with Crippen LogP contribution < -0.4 is 0 Å². The first-order valence-corrected chi connectivity index (χ1v) is 7.49. The topological polar surface area (TPSA) is 59.3 Å². The fourth-order valence-electron chi connectivity index (χ4n) is 1.31. The van der Waals surface area contributed by atoms with Crippen LogP contribution in [0.25, 0.3) is 0 Å². The summed E-state index contributed by atoms with van der Waals surface area (Å²) in [4.78, 5) is 0. The summed E-state index contributed by atoms with van der Waals surface area (Å²) in [6.07, 6.45) is 1.61. The van der Waals surface area contributed by atoms with Crippen molar-refractivity contribution in [3.8, 4) is 6.07 Å². The third-order valence-electron chi connectivity index (χ3n) is 2.22. The van der Waals surface area contributed by atoms with Crippen molar-refractivity contribution >= 4 is 7.60 Å². The van der Waals surface area contributed by atoms with Crippen LogP contribution in [0.3, 0.4) is 0 Å². The lowest BCUT2D eigenvalue weighted by molar-refractivity contribution is 0.220. The molecule has 0 aromatic carbocycles. The quantitative estimate of drug-likeness (QED) is 0.538. The molecule has 0 unspecified atom stereocenters. The fraction of sp³-hybridized carbons (Fsp3) is 0.750. The normalized spacial score (nSPS) is 13.5. The molecule has 0 aromatic heterocycles. The average Bonchev–Trinajstić information content (AvgIpc) is 2.16. The number of rotatable bonds is 6. The number of allylic oxidation sites excluding steroid dienone is 2. The summed E-state index contributed by atoms with van der Waals surface area (Å²) in [6.45, 7) is 10.1. The Labute approximate surface area is 104 Å². The Morgan fingerprint density at radius 2 is 1.76 bits per heavy atom. The zero-order valence-electron chi connectivity index (χ0n) is 11.3. The minimum atomic E-state index is -3.12. The van der Waals surface area contributed by atoms with Crippen LogP contribution >= 0.6 is 7.60 Å². The Morgan fingerprint density at radius 3 is 2.06 bits per heavy atom. The second-order valence-corrected chi connectivity index (χ2v) is 6.71. The molecule has 17 heavy (non-hydrogen) atoms. The fourth-order valence-corrected chi connectivity index (χ4v) is 3.33. The van der Waals surface area contributed by atoms with E-state index in [0.717, 1.165) is 5.57 Å². The van der Waals surface area contributed by atoms with Gasteiger partial charge in [-0.25, -0.2) is 0 Å². The highest BCUT2D eigenvalue weighted by Crippen LogP contribution is 2.51. The van der Waals surface area contributed by atoms with Gasteiger partial charge in [-0.05, 0) is 24.8 Å². The van der Waals surface area contributed by atoms with Gasteiger partial charge in [0.25, 0.3) is 0 Å². The van der Waals surface area contributed by atoms with Gasteiger partial charge < -0.3 is 9.05 Å². The monoisotopic (exact) mass is 259 g/mol. The number of nitrogens with zero attached hydrogens (tertiary/aromatic N) is 1. The molecule has 0 radical (unpaired) electrons. The molecule has 0 bridgehead atoms. The lowest BCUT2D eigenvalue weighted by Crippen LogP contribution is -2.15. The maximum Gasteiger partial charge on any atom is 0.334 e. The van der Waals surface area contributed by atoms with Crippen LogP contribution in [0, 0.1) is 16.7 Å². The number of hydrogen-bond acceptors (Lipinski definition) is 4. The summed E-state index contributed by atoms with van der Waals surface area (Å²) in [6, 6.07) is 1.99. The smallest absolute Gasteiger partial charge is 0.309 e. The van der Waals surface area contributed by atoms with Crippen molar-refractivity contribution < 1.29 is 13.6 Å². The highest BCUT2D eigenvalue weighted by Gasteiger charge is 2.30. The van der Waals surface area contributed by atoms with E-state index in [1.54, 1.807) is 13.8 Å². The van der Waals surface area contributed by atoms with Crippen LogP contribution in [-0.2, 0) is 13.6 Å². The van der Waals surface area contributed by atoms with E-state index in [2.05, 4.69) is 0 Å². The number of hydrogen-bond donors (Lipinski definition) is 0. The van der Waals surface area contributed by atoms with Crippen molar-refractivity contribution in [2.45, 2.75) is 34.6 Å². The van der Waals surface area contributed by atoms with Gasteiger partial charge in [0.05, 0.1) is 25.4 Å². The zero-order valence-corrected chi connectivity index (χ0v) is 12.2. The minimum Gasteiger partial charge on any atom is -0.309 e. The van der Waals surface area contributed by atoms with E-state index in [4.69, 9.17) is 14.3 Å². The molecule has 0 saturated carbocycles. The van der Waals surface area contributed by atoms with E-state index in [-0.39, 0.29) is 11.6 Å². The van der Waals surface area contributed by atoms with E-state index in [9.17, 15) is 4.57 Å². The average molecular weight is 259 g/mol. The van der Waals surface area contributed by atoms with Gasteiger partial charge in [-0.3, -0.25) is 4.57 Å². The van der Waals surface area contributed by atoms with Crippen LogP contribution in [0.5, 0.6) is 0 Å². The van der Waals surface area contributed by atoms with E-state index >= 15 is 0 Å². The molecular formula is C12H22NO3P. The van der Waals surface area contributed by atoms with E-state index < -0.39 is 7.60 Å². The van der Waals surface area contributed by atoms with Crippen molar-refractivity contribution in [2.24, 2.45) is 5.41 Å². The summed E-state index contributed by atoms with van der Waals surface area (Å²) in [5.41, 5.74) is 0.560. The highest BCUT2D eigenvalue weighted by atomic mass is 31.2. The van der Waals surface area contributed by atoms with Gasteiger partial charge in [0.1, 0.15) is 0 Å². The Bertz CT molecular complexity index is 340. The first kappa shape index (κ1) is 16.4. The van der Waals surface area contributed by atoms with Gasteiger partial charge in [-0.15, -0.1) is 0 Å². The highest BCUT2D eigenvalue weighted by molar-refractivity contribution is 7.54. The third-order valence-corrected chi connectivity index (χ3v) is 4.25. The van der Waals surface area contributed by atoms with Gasteiger partial charge in [0, 0.05) is 6.08 Å². The number of nitriles is 1. The predicted octanol–water partition coefficient (Wildman–Crippen LogP) is 3.75. The van der Waals surface area contributed by atoms with Gasteiger partial charge >= 0.3 is 7.60 Å². The molecular weight excluding hydrogens is 237 g/mol. The molecule has 0 aliphatic heterocycles. The maximum atomic E-state index is 12.4. The second-order valence-electron chi connectivity index (χ2n) is 4.65. The Hall–Kier alpha value is -0.620. The molecule has 5 heteroatoms. The molecule has 0 rings (SSSR count). The van der Waals surface area contributed by atoms with Crippen LogP contribution in [0.15, 0.2) is 11.6 Å². The van der Waals surface area contributed by atoms with Gasteiger partial charge in [0.2, 0.25) is 0 Å². The van der Waals surface area contributed by atoms with Gasteiger partial charge in [-0.1, -0.05) is 20.8 Å². The van der Waals surface area contributed by atoms with Crippen LogP contribution in [0.4, 0.5) is 0 Å². The van der Waals surface area contributed by atoms with Crippen molar-refractivity contribution in [2.75, 3.05) is 19.4 Å². The summed E-state index contributed by atoms with van der Waals surface area (Å²) < 4.78 is 22.8. The third kappa shape index (κ3) is 6.02. The Balaban J connectivity index is 5.03. The Kier molecular flexibility index (Phi) is 6.70. The molecule has 98 valence electrons. The molecule has 0 spiro atoms. The Morgan fingerprint density at radius 1 is 1.29 bits per heavy atom. The predicted molar refractivity (Wildman–Crippen MR) is 68.9 cm³/mol. The van der Waals surface area contributed by atoms with E-state index in [0.29, 0.717) is 13.2 Å². The molecule has 0 heterocycles. The zero-order chi connectivity index (χ0) is 13.5. The standard InChI is InChI=1S/C12H22NO3P/c1-6-15-17(14,16-7-2)10-11(8-9-13)12(3,4)5/h8H,6-7,10H2,1-5H3/b11-8-. The SMILES string of the molecule is CCOP(=O)(C/C(=C/C#N)C(C)(C)C)OCC. The van der Waals surface area contributed by atoms with E-state index in [1.807, 2.05) is 26.8 Å². The minimum absolute atomic E-state index is 0.172. The molecule has 0 N–H and O–H groups in total. The summed E-state index contributed by atoms with van der Waals surface area (Å²) in [5.74, 6) is 0. The summed E-state index contributed by atoms with van der Waals surface area (Å²) in [5, 5.41) is 8.76. The summed E-state index contributed by atoms with van der Waals surface area (Å²) >= 11 is 0. The van der Waals surface area contributed by atoms with Gasteiger partial charge in [0.15, 0.2) is 0 Å². The lowest BCUT2D eigenvalue weighted by atomic mass is 9.87. The van der Waals surface area contributed by atoms with Crippen molar-refractivity contribution in [1.82, 2.24) is 0 Å². The van der Waals surface area contributed by atoms with Crippen LogP contribution in [-0.4, -0.2) is 19.4 Å². The molecule has 0 fully saturated rings. The first-order chi connectivity index (χ1) is 7.79.